The molecule has 0 aliphatic carbocycles. The summed E-state index contributed by atoms with van der Waals surface area (Å²) in [7, 11) is 4.29. The molecule has 0 saturated carbocycles. The van der Waals surface area contributed by atoms with Crippen LogP contribution in [0.15, 0.2) is 24.7 Å². The lowest BCUT2D eigenvalue weighted by Gasteiger charge is -2.20. The van der Waals surface area contributed by atoms with Gasteiger partial charge in [-0.3, -0.25) is 9.88 Å². The summed E-state index contributed by atoms with van der Waals surface area (Å²) in [5, 5.41) is 4.01. The first kappa shape index (κ1) is 26.4. The standard InChI is InChI=1S/C26H38N8OS/c1-6-8-9-21(7-2)35-25-30-18(3)12-22(31-25)23-14-29-26(36-23)32-24-15-27-19(13-28-24)16-34-11-10-20(17-34)33(4)5/h12-15,20-21H,6-11,16-17H2,1-5H3,(H,28,29,32). The molecule has 0 spiro atoms. The molecule has 0 bridgehead atoms. The number of unbranched alkanes of at least 4 members (excludes halogenated alkanes) is 1. The van der Waals surface area contributed by atoms with Crippen molar-refractivity contribution in [1.82, 2.24) is 34.7 Å². The number of aromatic nitrogens is 5. The molecule has 36 heavy (non-hydrogen) atoms. The van der Waals surface area contributed by atoms with E-state index in [0.29, 0.717) is 17.9 Å². The minimum atomic E-state index is 0.139. The monoisotopic (exact) mass is 510 g/mol. The molecule has 9 nitrogen and oxygen atoms in total. The Balaban J connectivity index is 1.37. The van der Waals surface area contributed by atoms with Crippen LogP contribution in [0, 0.1) is 6.92 Å². The van der Waals surface area contributed by atoms with Gasteiger partial charge in [-0.15, -0.1) is 0 Å². The SMILES string of the molecule is CCCCC(CC)Oc1nc(C)cc(-c2cnc(Nc3cnc(CN4CCC(N(C)C)C4)cn3)s2)n1. The maximum absolute atomic E-state index is 6.11. The Morgan fingerprint density at radius 1 is 1.17 bits per heavy atom. The van der Waals surface area contributed by atoms with E-state index in [2.05, 4.69) is 68.0 Å². The Labute approximate surface area is 218 Å². The molecular formula is C26H38N8OS. The van der Waals surface area contributed by atoms with Gasteiger partial charge in [0, 0.05) is 37.6 Å². The van der Waals surface area contributed by atoms with Crippen LogP contribution in [0.25, 0.3) is 10.6 Å². The van der Waals surface area contributed by atoms with Crippen molar-refractivity contribution < 1.29 is 4.74 Å². The number of nitrogens with zero attached hydrogens (tertiary/aromatic N) is 7. The number of likely N-dealkylation sites (N-methyl/N-ethyl adjacent to an activating group) is 1. The highest BCUT2D eigenvalue weighted by Crippen LogP contribution is 2.30. The van der Waals surface area contributed by atoms with Crippen LogP contribution in [0.2, 0.25) is 0 Å². The van der Waals surface area contributed by atoms with Crippen molar-refractivity contribution in [2.45, 2.75) is 71.6 Å². The molecule has 4 rings (SSSR count). The number of hydrogen-bond donors (Lipinski definition) is 1. The van der Waals surface area contributed by atoms with Crippen LogP contribution < -0.4 is 10.1 Å². The van der Waals surface area contributed by atoms with Crippen LogP contribution in [0.5, 0.6) is 6.01 Å². The first-order valence-corrected chi connectivity index (χ1v) is 13.7. The molecule has 10 heteroatoms. The van der Waals surface area contributed by atoms with Crippen LogP contribution in [0.4, 0.5) is 10.9 Å². The van der Waals surface area contributed by atoms with Crippen molar-refractivity contribution in [3.05, 3.63) is 36.0 Å². The van der Waals surface area contributed by atoms with Crippen molar-refractivity contribution in [1.29, 1.82) is 0 Å². The van der Waals surface area contributed by atoms with Gasteiger partial charge in [0.2, 0.25) is 0 Å². The van der Waals surface area contributed by atoms with Gasteiger partial charge in [-0.1, -0.05) is 38.0 Å². The maximum Gasteiger partial charge on any atom is 0.317 e. The Hall–Kier alpha value is -2.69. The second kappa shape index (κ2) is 12.5. The quantitative estimate of drug-likeness (QED) is 0.364. The topological polar surface area (TPSA) is 92.2 Å². The predicted octanol–water partition coefficient (Wildman–Crippen LogP) is 4.93. The van der Waals surface area contributed by atoms with Gasteiger partial charge < -0.3 is 15.0 Å². The highest BCUT2D eigenvalue weighted by atomic mass is 32.1. The Bertz CT molecular complexity index is 1100. The average molecular weight is 511 g/mol. The molecule has 2 atom stereocenters. The van der Waals surface area contributed by atoms with E-state index in [4.69, 9.17) is 4.74 Å². The summed E-state index contributed by atoms with van der Waals surface area (Å²) in [6, 6.07) is 3.02. The van der Waals surface area contributed by atoms with Gasteiger partial charge in [0.15, 0.2) is 10.9 Å². The lowest BCUT2D eigenvalue weighted by molar-refractivity contribution is 0.168. The van der Waals surface area contributed by atoms with Gasteiger partial charge >= 0.3 is 6.01 Å². The van der Waals surface area contributed by atoms with E-state index in [9.17, 15) is 0 Å². The van der Waals surface area contributed by atoms with Gasteiger partial charge in [0.05, 0.1) is 28.7 Å². The number of anilines is 2. The summed E-state index contributed by atoms with van der Waals surface area (Å²) in [5.41, 5.74) is 2.67. The third-order valence-corrected chi connectivity index (χ3v) is 7.44. The fourth-order valence-electron chi connectivity index (χ4n) is 4.31. The van der Waals surface area contributed by atoms with E-state index in [0.717, 1.165) is 72.4 Å². The normalized spacial score (nSPS) is 17.0. The Morgan fingerprint density at radius 2 is 2.03 bits per heavy atom. The number of nitrogens with one attached hydrogen (secondary N) is 1. The van der Waals surface area contributed by atoms with Crippen LogP contribution in [-0.4, -0.2) is 74.1 Å². The minimum Gasteiger partial charge on any atom is -0.460 e. The van der Waals surface area contributed by atoms with Crippen molar-refractivity contribution in [2.75, 3.05) is 32.5 Å². The molecule has 1 N–H and O–H groups in total. The predicted molar refractivity (Wildman–Crippen MR) is 145 cm³/mol. The number of rotatable bonds is 12. The zero-order chi connectivity index (χ0) is 25.5. The Morgan fingerprint density at radius 3 is 2.72 bits per heavy atom. The zero-order valence-electron chi connectivity index (χ0n) is 22.1. The molecule has 3 aromatic rings. The minimum absolute atomic E-state index is 0.139. The fraction of sp³-hybridized carbons (Fsp3) is 0.577. The largest absolute Gasteiger partial charge is 0.460 e. The third-order valence-electron chi connectivity index (χ3n) is 6.50. The average Bonchev–Trinajstić information content (AvgIpc) is 3.53. The van der Waals surface area contributed by atoms with Crippen LogP contribution in [0.3, 0.4) is 0 Å². The second-order valence-corrected chi connectivity index (χ2v) is 10.7. The van der Waals surface area contributed by atoms with Crippen molar-refractivity contribution in [3.8, 4) is 16.6 Å². The summed E-state index contributed by atoms with van der Waals surface area (Å²) < 4.78 is 6.11. The van der Waals surface area contributed by atoms with Gasteiger partial charge in [-0.05, 0) is 46.3 Å². The fourth-order valence-corrected chi connectivity index (χ4v) is 5.10. The molecule has 1 saturated heterocycles. The van der Waals surface area contributed by atoms with E-state index in [1.807, 2.05) is 25.4 Å². The lowest BCUT2D eigenvalue weighted by Crippen LogP contribution is -2.31. The van der Waals surface area contributed by atoms with Crippen molar-refractivity contribution in [3.63, 3.8) is 0 Å². The number of aryl methyl sites for hydroxylation is 1. The van der Waals surface area contributed by atoms with Gasteiger partial charge in [-0.25, -0.2) is 15.0 Å². The van der Waals surface area contributed by atoms with E-state index in [1.165, 1.54) is 17.8 Å². The molecule has 194 valence electrons. The molecule has 1 fully saturated rings. The van der Waals surface area contributed by atoms with Crippen LogP contribution in [0.1, 0.15) is 57.3 Å². The summed E-state index contributed by atoms with van der Waals surface area (Å²) in [6.07, 6.45) is 11.0. The molecule has 2 unspecified atom stereocenters. The lowest BCUT2D eigenvalue weighted by atomic mass is 10.1. The van der Waals surface area contributed by atoms with Crippen molar-refractivity contribution in [2.24, 2.45) is 0 Å². The first-order chi connectivity index (χ1) is 17.4. The number of thiazole rings is 1. The van der Waals surface area contributed by atoms with Gasteiger partial charge in [0.25, 0.3) is 0 Å². The maximum atomic E-state index is 6.11. The second-order valence-electron chi connectivity index (χ2n) is 9.66. The first-order valence-electron chi connectivity index (χ1n) is 12.9. The van der Waals surface area contributed by atoms with E-state index in [1.54, 1.807) is 6.20 Å². The van der Waals surface area contributed by atoms with Crippen LogP contribution in [-0.2, 0) is 6.54 Å². The molecule has 1 aliphatic rings. The summed E-state index contributed by atoms with van der Waals surface area (Å²) in [6.45, 7) is 9.29. The number of hydrogen-bond acceptors (Lipinski definition) is 10. The summed E-state index contributed by atoms with van der Waals surface area (Å²) in [4.78, 5) is 28.5. The summed E-state index contributed by atoms with van der Waals surface area (Å²) >= 11 is 1.52. The van der Waals surface area contributed by atoms with Gasteiger partial charge in [-0.2, -0.15) is 4.98 Å². The molecule has 3 aromatic heterocycles. The third kappa shape index (κ3) is 7.18. The number of ether oxygens (including phenoxy) is 1. The molecule has 0 radical (unpaired) electrons. The highest BCUT2D eigenvalue weighted by Gasteiger charge is 2.24. The van der Waals surface area contributed by atoms with E-state index >= 15 is 0 Å². The molecule has 1 aliphatic heterocycles. The number of likely N-dealkylation sites (tertiary alicyclic amines) is 1. The van der Waals surface area contributed by atoms with Crippen molar-refractivity contribution >= 4 is 22.3 Å². The van der Waals surface area contributed by atoms with Gasteiger partial charge in [0.1, 0.15) is 6.10 Å². The molecular weight excluding hydrogens is 472 g/mol. The zero-order valence-corrected chi connectivity index (χ0v) is 22.9. The van der Waals surface area contributed by atoms with E-state index < -0.39 is 0 Å². The molecule has 0 aromatic carbocycles. The molecule has 0 amide bonds. The highest BCUT2D eigenvalue weighted by molar-refractivity contribution is 7.18. The Kier molecular flexibility index (Phi) is 9.17. The smallest absolute Gasteiger partial charge is 0.317 e. The van der Waals surface area contributed by atoms with Crippen LogP contribution >= 0.6 is 11.3 Å². The van der Waals surface area contributed by atoms with E-state index in [-0.39, 0.29) is 6.10 Å². The summed E-state index contributed by atoms with van der Waals surface area (Å²) in [5.74, 6) is 0.678. The molecule has 4 heterocycles.